The number of carbonyl (C=O) groups excluding carboxylic acids is 1. The first-order valence-electron chi connectivity index (χ1n) is 4.55. The molecule has 0 saturated heterocycles. The normalized spacial score (nSPS) is 24.4. The van der Waals surface area contributed by atoms with Gasteiger partial charge in [0.15, 0.2) is 0 Å². The van der Waals surface area contributed by atoms with E-state index in [4.69, 9.17) is 5.73 Å². The highest BCUT2D eigenvalue weighted by molar-refractivity contribution is 5.92. The molecule has 2 atom stereocenters. The molecular formula is C9H12N4O. The lowest BCUT2D eigenvalue weighted by Crippen LogP contribution is -2.27. The monoisotopic (exact) mass is 192 g/mol. The predicted octanol–water partition coefficient (Wildman–Crippen LogP) is 0.197. The molecule has 3 N–H and O–H groups in total. The number of hydrogen-bond donors (Lipinski definition) is 2. The van der Waals surface area contributed by atoms with E-state index in [1.54, 1.807) is 0 Å². The number of nitrogens with zero attached hydrogens (tertiary/aromatic N) is 2. The van der Waals surface area contributed by atoms with E-state index in [0.29, 0.717) is 12.0 Å². The molecule has 1 aliphatic carbocycles. The summed E-state index contributed by atoms with van der Waals surface area (Å²) in [5, 5.41) is 2.85. The first-order valence-corrected chi connectivity index (χ1v) is 4.55. The van der Waals surface area contributed by atoms with Crippen molar-refractivity contribution in [3.8, 4) is 0 Å². The summed E-state index contributed by atoms with van der Waals surface area (Å²) < 4.78 is 0. The smallest absolute Gasteiger partial charge is 0.271 e. The van der Waals surface area contributed by atoms with Gasteiger partial charge in [-0.05, 0) is 12.3 Å². The maximum absolute atomic E-state index is 11.5. The minimum Gasteiger partial charge on any atom is -0.382 e. The fourth-order valence-corrected chi connectivity index (χ4v) is 1.26. The number of anilines is 1. The second-order valence-electron chi connectivity index (χ2n) is 3.62. The molecule has 0 aliphatic heterocycles. The van der Waals surface area contributed by atoms with Crippen molar-refractivity contribution >= 4 is 11.7 Å². The van der Waals surface area contributed by atoms with Gasteiger partial charge in [-0.1, -0.05) is 6.92 Å². The highest BCUT2D eigenvalue weighted by Gasteiger charge is 2.34. The Bertz CT molecular complexity index is 366. The highest BCUT2D eigenvalue weighted by Crippen LogP contribution is 2.29. The van der Waals surface area contributed by atoms with E-state index in [2.05, 4.69) is 22.2 Å². The Kier molecular flexibility index (Phi) is 2.07. The van der Waals surface area contributed by atoms with Crippen LogP contribution in [0, 0.1) is 5.92 Å². The van der Waals surface area contributed by atoms with Crippen molar-refractivity contribution < 1.29 is 4.79 Å². The number of carbonyl (C=O) groups is 1. The minimum atomic E-state index is -0.195. The first kappa shape index (κ1) is 8.93. The van der Waals surface area contributed by atoms with Crippen LogP contribution in [0.5, 0.6) is 0 Å². The molecule has 1 amide bonds. The number of rotatable bonds is 2. The Morgan fingerprint density at radius 1 is 1.64 bits per heavy atom. The molecule has 2 unspecified atom stereocenters. The van der Waals surface area contributed by atoms with E-state index < -0.39 is 0 Å². The number of hydrogen-bond acceptors (Lipinski definition) is 4. The fourth-order valence-electron chi connectivity index (χ4n) is 1.26. The maximum Gasteiger partial charge on any atom is 0.271 e. The van der Waals surface area contributed by atoms with Crippen molar-refractivity contribution in [1.82, 2.24) is 15.3 Å². The lowest BCUT2D eigenvalue weighted by atomic mass is 10.4. The lowest BCUT2D eigenvalue weighted by molar-refractivity contribution is 0.0944. The highest BCUT2D eigenvalue weighted by atomic mass is 16.2. The van der Waals surface area contributed by atoms with Crippen molar-refractivity contribution in [2.45, 2.75) is 19.4 Å². The van der Waals surface area contributed by atoms with Gasteiger partial charge >= 0.3 is 0 Å². The molecule has 5 heteroatoms. The third kappa shape index (κ3) is 1.81. The van der Waals surface area contributed by atoms with Gasteiger partial charge in [0.25, 0.3) is 5.91 Å². The van der Waals surface area contributed by atoms with Gasteiger partial charge in [0.2, 0.25) is 0 Å². The van der Waals surface area contributed by atoms with E-state index >= 15 is 0 Å². The van der Waals surface area contributed by atoms with Crippen LogP contribution in [0.2, 0.25) is 0 Å². The third-order valence-corrected chi connectivity index (χ3v) is 2.31. The topological polar surface area (TPSA) is 80.9 Å². The molecule has 1 fully saturated rings. The summed E-state index contributed by atoms with van der Waals surface area (Å²) in [6, 6.07) is 0.297. The van der Waals surface area contributed by atoms with Crippen LogP contribution < -0.4 is 11.1 Å². The zero-order valence-electron chi connectivity index (χ0n) is 7.90. The van der Waals surface area contributed by atoms with Crippen LogP contribution in [0.25, 0.3) is 0 Å². The van der Waals surface area contributed by atoms with Gasteiger partial charge in [0, 0.05) is 6.04 Å². The average Bonchev–Trinajstić information content (AvgIpc) is 2.81. The Morgan fingerprint density at radius 2 is 2.36 bits per heavy atom. The molecule has 0 spiro atoms. The summed E-state index contributed by atoms with van der Waals surface area (Å²) >= 11 is 0. The van der Waals surface area contributed by atoms with E-state index in [1.165, 1.54) is 12.4 Å². The summed E-state index contributed by atoms with van der Waals surface area (Å²) in [6.07, 6.45) is 3.87. The van der Waals surface area contributed by atoms with Crippen molar-refractivity contribution in [3.63, 3.8) is 0 Å². The van der Waals surface area contributed by atoms with Gasteiger partial charge < -0.3 is 11.1 Å². The maximum atomic E-state index is 11.5. The number of aromatic nitrogens is 2. The summed E-state index contributed by atoms with van der Waals surface area (Å²) in [5.41, 5.74) is 5.70. The van der Waals surface area contributed by atoms with Crippen LogP contribution in [-0.4, -0.2) is 21.9 Å². The van der Waals surface area contributed by atoms with Gasteiger partial charge in [0.05, 0.1) is 12.4 Å². The van der Waals surface area contributed by atoms with Crippen molar-refractivity contribution in [3.05, 3.63) is 18.1 Å². The predicted molar refractivity (Wildman–Crippen MR) is 51.5 cm³/mol. The van der Waals surface area contributed by atoms with Crippen LogP contribution in [-0.2, 0) is 0 Å². The number of amides is 1. The molecule has 0 radical (unpaired) electrons. The summed E-state index contributed by atoms with van der Waals surface area (Å²) in [5.74, 6) is 0.647. The summed E-state index contributed by atoms with van der Waals surface area (Å²) in [7, 11) is 0. The van der Waals surface area contributed by atoms with Crippen molar-refractivity contribution in [2.75, 3.05) is 5.73 Å². The molecule has 1 aliphatic rings. The van der Waals surface area contributed by atoms with Gasteiger partial charge in [-0.25, -0.2) is 4.98 Å². The molecule has 1 heterocycles. The number of nitrogens with two attached hydrogens (primary N) is 1. The minimum absolute atomic E-state index is 0.195. The number of nitrogens with one attached hydrogen (secondary N) is 1. The Labute approximate surface area is 81.7 Å². The summed E-state index contributed by atoms with van der Waals surface area (Å²) in [6.45, 7) is 2.09. The van der Waals surface area contributed by atoms with E-state index in [1.807, 2.05) is 0 Å². The zero-order chi connectivity index (χ0) is 10.1. The number of nitrogen functional groups attached to an aromatic ring is 1. The van der Waals surface area contributed by atoms with Crippen LogP contribution in [0.1, 0.15) is 23.8 Å². The molecule has 14 heavy (non-hydrogen) atoms. The van der Waals surface area contributed by atoms with E-state index in [9.17, 15) is 4.79 Å². The molecular weight excluding hydrogens is 180 g/mol. The van der Waals surface area contributed by atoms with E-state index in [0.717, 1.165) is 6.42 Å². The molecule has 0 aromatic carbocycles. The molecule has 5 nitrogen and oxygen atoms in total. The Balaban J connectivity index is 2.03. The SMILES string of the molecule is CC1CC1NC(=O)c1cncc(N)n1. The fraction of sp³-hybridized carbons (Fsp3) is 0.444. The van der Waals surface area contributed by atoms with Crippen LogP contribution >= 0.6 is 0 Å². The molecule has 0 bridgehead atoms. The van der Waals surface area contributed by atoms with Crippen molar-refractivity contribution in [2.24, 2.45) is 5.92 Å². The van der Waals surface area contributed by atoms with Crippen LogP contribution in [0.15, 0.2) is 12.4 Å². The van der Waals surface area contributed by atoms with E-state index in [-0.39, 0.29) is 17.4 Å². The molecule has 1 aromatic rings. The quantitative estimate of drug-likeness (QED) is 0.701. The Morgan fingerprint density at radius 3 is 2.93 bits per heavy atom. The summed E-state index contributed by atoms with van der Waals surface area (Å²) in [4.78, 5) is 19.2. The Hall–Kier alpha value is -1.65. The van der Waals surface area contributed by atoms with Crippen molar-refractivity contribution in [1.29, 1.82) is 0 Å². The third-order valence-electron chi connectivity index (χ3n) is 2.31. The largest absolute Gasteiger partial charge is 0.382 e. The molecule has 1 saturated carbocycles. The molecule has 1 aromatic heterocycles. The molecule has 2 rings (SSSR count). The zero-order valence-corrected chi connectivity index (χ0v) is 7.90. The second kappa shape index (κ2) is 3.25. The first-order chi connectivity index (χ1) is 6.66. The molecule has 74 valence electrons. The average molecular weight is 192 g/mol. The standard InChI is InChI=1S/C9H12N4O/c1-5-2-6(5)13-9(14)7-3-11-4-8(10)12-7/h3-6H,2H2,1H3,(H2,10,12)(H,13,14). The van der Waals surface area contributed by atoms with Gasteiger partial charge in [-0.3, -0.25) is 9.78 Å². The van der Waals surface area contributed by atoms with Crippen LogP contribution in [0.3, 0.4) is 0 Å². The lowest BCUT2D eigenvalue weighted by Gasteiger charge is -2.02. The second-order valence-corrected chi connectivity index (χ2v) is 3.62. The van der Waals surface area contributed by atoms with Gasteiger partial charge in [-0.2, -0.15) is 0 Å². The van der Waals surface area contributed by atoms with Gasteiger partial charge in [0.1, 0.15) is 11.5 Å². The van der Waals surface area contributed by atoms with Gasteiger partial charge in [-0.15, -0.1) is 0 Å². The van der Waals surface area contributed by atoms with Crippen LogP contribution in [0.4, 0.5) is 5.82 Å².